The van der Waals surface area contributed by atoms with Gasteiger partial charge >= 0.3 is 0 Å². The Morgan fingerprint density at radius 1 is 1.54 bits per heavy atom. The quantitative estimate of drug-likeness (QED) is 0.514. The van der Waals surface area contributed by atoms with Crippen molar-refractivity contribution in [3.8, 4) is 0 Å². The van der Waals surface area contributed by atoms with E-state index in [0.29, 0.717) is 13.0 Å². The molecule has 4 heteroatoms. The Bertz CT molecular complexity index is 151. The van der Waals surface area contributed by atoms with Crippen molar-refractivity contribution in [3.63, 3.8) is 0 Å². The van der Waals surface area contributed by atoms with Crippen molar-refractivity contribution in [1.82, 2.24) is 5.32 Å². The molecule has 4 N–H and O–H groups in total. The van der Waals surface area contributed by atoms with Crippen LogP contribution in [0, 0.1) is 0 Å². The van der Waals surface area contributed by atoms with Gasteiger partial charge in [-0.15, -0.1) is 0 Å². The maximum Gasteiger partial charge on any atom is 0.250 e. The minimum atomic E-state index is -1.07. The minimum Gasteiger partial charge on any atom is -0.382 e. The predicted octanol–water partition coefficient (Wildman–Crippen LogP) is 0.000900. The molecule has 1 amide bonds. The van der Waals surface area contributed by atoms with Crippen LogP contribution in [0.5, 0.6) is 0 Å². The Morgan fingerprint density at radius 3 is 2.62 bits per heavy atom. The van der Waals surface area contributed by atoms with E-state index in [4.69, 9.17) is 5.73 Å². The van der Waals surface area contributed by atoms with Crippen molar-refractivity contribution in [2.45, 2.75) is 45.3 Å². The van der Waals surface area contributed by atoms with E-state index < -0.39 is 12.1 Å². The first-order valence-corrected chi connectivity index (χ1v) is 4.84. The molecule has 0 saturated heterocycles. The monoisotopic (exact) mass is 188 g/mol. The van der Waals surface area contributed by atoms with Crippen LogP contribution in [0.25, 0.3) is 0 Å². The highest BCUT2D eigenvalue weighted by atomic mass is 16.3. The van der Waals surface area contributed by atoms with Gasteiger partial charge in [-0.25, -0.2) is 0 Å². The van der Waals surface area contributed by atoms with Crippen LogP contribution in [0.3, 0.4) is 0 Å². The Balaban J connectivity index is 3.69. The van der Waals surface area contributed by atoms with E-state index in [1.165, 1.54) is 0 Å². The molecule has 0 aromatic carbocycles. The molecule has 0 spiro atoms. The van der Waals surface area contributed by atoms with Crippen molar-refractivity contribution < 1.29 is 9.90 Å². The molecule has 0 saturated carbocycles. The lowest BCUT2D eigenvalue weighted by atomic mass is 10.1. The lowest BCUT2D eigenvalue weighted by molar-refractivity contribution is -0.130. The fraction of sp³-hybridized carbons (Fsp3) is 0.889. The Kier molecular flexibility index (Phi) is 6.54. The highest BCUT2D eigenvalue weighted by Crippen LogP contribution is 1.95. The van der Waals surface area contributed by atoms with Crippen molar-refractivity contribution >= 4 is 5.91 Å². The highest BCUT2D eigenvalue weighted by molar-refractivity contribution is 5.81. The minimum absolute atomic E-state index is 0.359. The van der Waals surface area contributed by atoms with Crippen LogP contribution in [0.1, 0.15) is 33.1 Å². The van der Waals surface area contributed by atoms with Crippen molar-refractivity contribution in [3.05, 3.63) is 0 Å². The second kappa shape index (κ2) is 6.86. The van der Waals surface area contributed by atoms with Gasteiger partial charge in [0.25, 0.3) is 0 Å². The van der Waals surface area contributed by atoms with E-state index >= 15 is 0 Å². The highest BCUT2D eigenvalue weighted by Gasteiger charge is 2.20. The predicted molar refractivity (Wildman–Crippen MR) is 52.2 cm³/mol. The van der Waals surface area contributed by atoms with Crippen molar-refractivity contribution in [2.24, 2.45) is 5.73 Å². The Hall–Kier alpha value is -0.610. The van der Waals surface area contributed by atoms with E-state index in [9.17, 15) is 9.90 Å². The normalized spacial score (nSPS) is 15.1. The van der Waals surface area contributed by atoms with E-state index in [-0.39, 0.29) is 5.91 Å². The zero-order valence-electron chi connectivity index (χ0n) is 8.42. The van der Waals surface area contributed by atoms with E-state index in [0.717, 1.165) is 12.8 Å². The van der Waals surface area contributed by atoms with E-state index in [1.807, 2.05) is 13.8 Å². The van der Waals surface area contributed by atoms with Gasteiger partial charge in [-0.3, -0.25) is 4.79 Å². The maximum atomic E-state index is 11.2. The van der Waals surface area contributed by atoms with Gasteiger partial charge in [0.15, 0.2) is 0 Å². The summed E-state index contributed by atoms with van der Waals surface area (Å²) in [5.74, 6) is -0.359. The molecule has 0 unspecified atom stereocenters. The fourth-order valence-electron chi connectivity index (χ4n) is 0.911. The van der Waals surface area contributed by atoms with Gasteiger partial charge in [-0.05, 0) is 12.8 Å². The second-order valence-corrected chi connectivity index (χ2v) is 3.16. The second-order valence-electron chi connectivity index (χ2n) is 3.16. The number of aliphatic hydroxyl groups excluding tert-OH is 1. The maximum absolute atomic E-state index is 11.2. The summed E-state index contributed by atoms with van der Waals surface area (Å²) in [6.07, 6.45) is 1.49. The molecule has 0 aromatic rings. The van der Waals surface area contributed by atoms with Gasteiger partial charge in [0.05, 0.1) is 0 Å². The molecule has 0 aliphatic heterocycles. The smallest absolute Gasteiger partial charge is 0.250 e. The van der Waals surface area contributed by atoms with Crippen LogP contribution in [0.15, 0.2) is 0 Å². The molecule has 0 heterocycles. The molecule has 0 aliphatic rings. The number of rotatable bonds is 6. The molecule has 0 fully saturated rings. The topological polar surface area (TPSA) is 75.3 Å². The summed E-state index contributed by atoms with van der Waals surface area (Å²) < 4.78 is 0. The van der Waals surface area contributed by atoms with Crippen molar-refractivity contribution in [1.29, 1.82) is 0 Å². The molecule has 4 nitrogen and oxygen atoms in total. The summed E-state index contributed by atoms with van der Waals surface area (Å²) in [4.78, 5) is 11.2. The average Bonchev–Trinajstić information content (AvgIpc) is 2.15. The SMILES string of the molecule is CCCCNC(=O)[C@@H](O)[C@@H](N)CC. The van der Waals surface area contributed by atoms with Crippen LogP contribution in [-0.4, -0.2) is 29.7 Å². The van der Waals surface area contributed by atoms with Gasteiger partial charge in [0, 0.05) is 12.6 Å². The van der Waals surface area contributed by atoms with Crippen LogP contribution < -0.4 is 11.1 Å². The van der Waals surface area contributed by atoms with Crippen LogP contribution >= 0.6 is 0 Å². The number of aliphatic hydroxyl groups is 1. The van der Waals surface area contributed by atoms with Gasteiger partial charge in [0.2, 0.25) is 5.91 Å². The van der Waals surface area contributed by atoms with Gasteiger partial charge < -0.3 is 16.2 Å². The Morgan fingerprint density at radius 2 is 2.15 bits per heavy atom. The zero-order valence-corrected chi connectivity index (χ0v) is 8.42. The molecule has 0 aromatic heterocycles. The number of carbonyl (C=O) groups excluding carboxylic acids is 1. The first-order valence-electron chi connectivity index (χ1n) is 4.84. The molecule has 0 bridgehead atoms. The molecule has 78 valence electrons. The average molecular weight is 188 g/mol. The fourth-order valence-corrected chi connectivity index (χ4v) is 0.911. The summed E-state index contributed by atoms with van der Waals surface area (Å²) in [6, 6.07) is -0.457. The summed E-state index contributed by atoms with van der Waals surface area (Å²) in [5, 5.41) is 12.0. The van der Waals surface area contributed by atoms with Gasteiger partial charge in [-0.2, -0.15) is 0 Å². The van der Waals surface area contributed by atoms with Crippen LogP contribution in [0.4, 0.5) is 0 Å². The molecular weight excluding hydrogens is 168 g/mol. The lowest BCUT2D eigenvalue weighted by Gasteiger charge is -2.16. The number of nitrogens with one attached hydrogen (secondary N) is 1. The number of hydrogen-bond acceptors (Lipinski definition) is 3. The number of carbonyl (C=O) groups is 1. The summed E-state index contributed by atoms with van der Waals surface area (Å²) in [7, 11) is 0. The van der Waals surface area contributed by atoms with Crippen LogP contribution in [-0.2, 0) is 4.79 Å². The first-order chi connectivity index (χ1) is 6.13. The van der Waals surface area contributed by atoms with Crippen molar-refractivity contribution in [2.75, 3.05) is 6.54 Å². The number of hydrogen-bond donors (Lipinski definition) is 3. The molecule has 0 rings (SSSR count). The number of amides is 1. The zero-order chi connectivity index (χ0) is 10.3. The lowest BCUT2D eigenvalue weighted by Crippen LogP contribution is -2.46. The third kappa shape index (κ3) is 4.85. The number of nitrogens with two attached hydrogens (primary N) is 1. The summed E-state index contributed by atoms with van der Waals surface area (Å²) in [6.45, 7) is 4.50. The number of unbranched alkanes of at least 4 members (excludes halogenated alkanes) is 1. The standard InChI is InChI=1S/C9H20N2O2/c1-3-5-6-11-9(13)8(12)7(10)4-2/h7-8,12H,3-6,10H2,1-2H3,(H,11,13)/t7-,8-/m0/s1. The first kappa shape index (κ1) is 12.4. The molecule has 0 radical (unpaired) electrons. The van der Waals surface area contributed by atoms with Gasteiger partial charge in [-0.1, -0.05) is 20.3 Å². The van der Waals surface area contributed by atoms with Gasteiger partial charge in [0.1, 0.15) is 6.10 Å². The van der Waals surface area contributed by atoms with E-state index in [2.05, 4.69) is 5.32 Å². The molecular formula is C9H20N2O2. The van der Waals surface area contributed by atoms with E-state index in [1.54, 1.807) is 0 Å². The third-order valence-electron chi connectivity index (χ3n) is 1.98. The largest absolute Gasteiger partial charge is 0.382 e. The molecule has 13 heavy (non-hydrogen) atoms. The molecule has 2 atom stereocenters. The Labute approximate surface area is 79.5 Å². The molecule has 0 aliphatic carbocycles. The summed E-state index contributed by atoms with van der Waals surface area (Å²) >= 11 is 0. The van der Waals surface area contributed by atoms with Crippen LogP contribution in [0.2, 0.25) is 0 Å². The third-order valence-corrected chi connectivity index (χ3v) is 1.98. The summed E-state index contributed by atoms with van der Waals surface area (Å²) in [5.41, 5.74) is 5.51.